The van der Waals surface area contributed by atoms with Crippen LogP contribution in [-0.2, 0) is 0 Å². The molecule has 0 spiro atoms. The van der Waals surface area contributed by atoms with Gasteiger partial charge in [-0.05, 0) is 18.5 Å². The molecular weight excluding hydrogens is 190 g/mol. The molecule has 0 bridgehead atoms. The Balaban J connectivity index is 2.42. The van der Waals surface area contributed by atoms with Crippen molar-refractivity contribution in [3.05, 3.63) is 42.5 Å². The number of nitrogens with one attached hydrogen (secondary N) is 1. The van der Waals surface area contributed by atoms with Crippen LogP contribution < -0.4 is 10.1 Å². The number of fused-ring (bicyclic) bond motifs is 1. The van der Waals surface area contributed by atoms with Crippen molar-refractivity contribution < 1.29 is 9.84 Å². The third-order valence-corrected chi connectivity index (χ3v) is 2.24. The number of rotatable bonds is 3. The lowest BCUT2D eigenvalue weighted by molar-refractivity contribution is -0.0369. The summed E-state index contributed by atoms with van der Waals surface area (Å²) in [5, 5.41) is 14.0. The van der Waals surface area contributed by atoms with Crippen molar-refractivity contribution >= 4 is 10.8 Å². The fourth-order valence-electron chi connectivity index (χ4n) is 1.48. The minimum Gasteiger partial charge on any atom is -0.451 e. The molecule has 0 radical (unpaired) electrons. The van der Waals surface area contributed by atoms with Gasteiger partial charge in [0, 0.05) is 5.39 Å². The monoisotopic (exact) mass is 203 g/mol. The van der Waals surface area contributed by atoms with E-state index >= 15 is 0 Å². The van der Waals surface area contributed by atoms with Crippen LogP contribution in [-0.4, -0.2) is 18.6 Å². The van der Waals surface area contributed by atoms with E-state index < -0.39 is 6.41 Å². The van der Waals surface area contributed by atoms with E-state index in [1.165, 1.54) is 0 Å². The lowest BCUT2D eigenvalue weighted by Crippen LogP contribution is -2.30. The summed E-state index contributed by atoms with van der Waals surface area (Å²) in [6, 6.07) is 13.6. The van der Waals surface area contributed by atoms with Crippen molar-refractivity contribution in [2.75, 3.05) is 7.05 Å². The first-order valence-corrected chi connectivity index (χ1v) is 4.81. The molecule has 0 amide bonds. The van der Waals surface area contributed by atoms with Gasteiger partial charge in [0.2, 0.25) is 0 Å². The summed E-state index contributed by atoms with van der Waals surface area (Å²) in [7, 11) is 1.63. The molecule has 0 fully saturated rings. The van der Waals surface area contributed by atoms with Gasteiger partial charge in [-0.2, -0.15) is 0 Å². The third kappa shape index (κ3) is 2.09. The van der Waals surface area contributed by atoms with Crippen molar-refractivity contribution in [1.82, 2.24) is 5.32 Å². The molecule has 3 nitrogen and oxygen atoms in total. The smallest absolute Gasteiger partial charge is 0.256 e. The Hall–Kier alpha value is -1.58. The molecule has 2 N–H and O–H groups in total. The summed E-state index contributed by atoms with van der Waals surface area (Å²) < 4.78 is 5.32. The number of hydrogen-bond acceptors (Lipinski definition) is 3. The van der Waals surface area contributed by atoms with Crippen LogP contribution in [0.3, 0.4) is 0 Å². The van der Waals surface area contributed by atoms with Gasteiger partial charge < -0.3 is 9.84 Å². The average Bonchev–Trinajstić information content (AvgIpc) is 2.29. The molecule has 15 heavy (non-hydrogen) atoms. The normalized spacial score (nSPS) is 12.7. The molecule has 1 atom stereocenters. The molecule has 0 aliphatic heterocycles. The number of ether oxygens (including phenoxy) is 1. The molecule has 0 aliphatic carbocycles. The van der Waals surface area contributed by atoms with Gasteiger partial charge in [-0.15, -0.1) is 0 Å². The van der Waals surface area contributed by atoms with Crippen molar-refractivity contribution in [3.8, 4) is 5.75 Å². The van der Waals surface area contributed by atoms with Crippen LogP contribution in [0, 0.1) is 0 Å². The first kappa shape index (κ1) is 9.96. The molecule has 0 aliphatic rings. The molecule has 3 heteroatoms. The highest BCUT2D eigenvalue weighted by molar-refractivity contribution is 5.88. The fourth-order valence-corrected chi connectivity index (χ4v) is 1.48. The zero-order valence-electron chi connectivity index (χ0n) is 8.47. The minimum absolute atomic E-state index is 0.676. The fraction of sp³-hybridized carbons (Fsp3) is 0.167. The average molecular weight is 203 g/mol. The molecule has 0 aromatic heterocycles. The van der Waals surface area contributed by atoms with Gasteiger partial charge in [-0.1, -0.05) is 36.4 Å². The standard InChI is InChI=1S/C12H13NO2/c1-13-12(14)15-11-8-4-6-9-5-2-3-7-10(9)11/h2-8,12-14H,1H3. The zero-order chi connectivity index (χ0) is 10.7. The molecule has 0 saturated heterocycles. The highest BCUT2D eigenvalue weighted by Gasteiger charge is 2.05. The van der Waals surface area contributed by atoms with Crippen LogP contribution in [0.2, 0.25) is 0 Å². The van der Waals surface area contributed by atoms with Crippen LogP contribution >= 0.6 is 0 Å². The summed E-state index contributed by atoms with van der Waals surface area (Å²) in [5.41, 5.74) is 0. The maximum Gasteiger partial charge on any atom is 0.256 e. The lowest BCUT2D eigenvalue weighted by Gasteiger charge is -2.13. The Kier molecular flexibility index (Phi) is 2.85. The molecule has 1 unspecified atom stereocenters. The van der Waals surface area contributed by atoms with Gasteiger partial charge in [0.05, 0.1) is 0 Å². The first-order chi connectivity index (χ1) is 7.31. The Bertz CT molecular complexity index is 451. The van der Waals surface area contributed by atoms with Crippen molar-refractivity contribution in [2.24, 2.45) is 0 Å². The first-order valence-electron chi connectivity index (χ1n) is 4.81. The molecule has 0 saturated carbocycles. The number of aliphatic hydroxyl groups excluding tert-OH is 1. The topological polar surface area (TPSA) is 41.5 Å². The molecule has 0 heterocycles. The van der Waals surface area contributed by atoms with Crippen LogP contribution in [0.5, 0.6) is 5.75 Å². The number of aliphatic hydroxyl groups is 1. The summed E-state index contributed by atoms with van der Waals surface area (Å²) in [5.74, 6) is 0.676. The van der Waals surface area contributed by atoms with E-state index in [9.17, 15) is 5.11 Å². The second-order valence-electron chi connectivity index (χ2n) is 3.24. The summed E-state index contributed by atoms with van der Waals surface area (Å²) >= 11 is 0. The molecule has 78 valence electrons. The highest BCUT2D eigenvalue weighted by Crippen LogP contribution is 2.25. The number of hydrogen-bond donors (Lipinski definition) is 2. The van der Waals surface area contributed by atoms with Gasteiger partial charge in [0.15, 0.2) is 0 Å². The van der Waals surface area contributed by atoms with Crippen molar-refractivity contribution in [1.29, 1.82) is 0 Å². The predicted molar refractivity (Wildman–Crippen MR) is 59.6 cm³/mol. The second kappa shape index (κ2) is 4.29. The van der Waals surface area contributed by atoms with E-state index in [1.807, 2.05) is 42.5 Å². The van der Waals surface area contributed by atoms with Crippen molar-refractivity contribution in [3.63, 3.8) is 0 Å². The Morgan fingerprint density at radius 2 is 1.87 bits per heavy atom. The van der Waals surface area contributed by atoms with Gasteiger partial charge >= 0.3 is 0 Å². The highest BCUT2D eigenvalue weighted by atomic mass is 16.6. The van der Waals surface area contributed by atoms with Gasteiger partial charge in [0.25, 0.3) is 6.41 Å². The summed E-state index contributed by atoms with van der Waals surface area (Å²) in [4.78, 5) is 0. The molecule has 2 aromatic carbocycles. The minimum atomic E-state index is -0.976. The van der Waals surface area contributed by atoms with E-state index in [2.05, 4.69) is 5.32 Å². The second-order valence-corrected chi connectivity index (χ2v) is 3.24. The maximum atomic E-state index is 9.34. The lowest BCUT2D eigenvalue weighted by atomic mass is 10.1. The van der Waals surface area contributed by atoms with Crippen LogP contribution in [0.4, 0.5) is 0 Å². The van der Waals surface area contributed by atoms with Crippen LogP contribution in [0.15, 0.2) is 42.5 Å². The van der Waals surface area contributed by atoms with E-state index in [-0.39, 0.29) is 0 Å². The Morgan fingerprint density at radius 1 is 1.13 bits per heavy atom. The van der Waals surface area contributed by atoms with E-state index in [4.69, 9.17) is 4.74 Å². The molecule has 2 rings (SSSR count). The SMILES string of the molecule is CNC(O)Oc1cccc2ccccc12. The quantitative estimate of drug-likeness (QED) is 0.746. The summed E-state index contributed by atoms with van der Waals surface area (Å²) in [6.07, 6.45) is -0.976. The maximum absolute atomic E-state index is 9.34. The largest absolute Gasteiger partial charge is 0.451 e. The van der Waals surface area contributed by atoms with Crippen LogP contribution in [0.1, 0.15) is 0 Å². The van der Waals surface area contributed by atoms with E-state index in [0.717, 1.165) is 10.8 Å². The van der Waals surface area contributed by atoms with Gasteiger partial charge in [-0.3, -0.25) is 5.32 Å². The van der Waals surface area contributed by atoms with Gasteiger partial charge in [-0.25, -0.2) is 0 Å². The van der Waals surface area contributed by atoms with Gasteiger partial charge in [0.1, 0.15) is 5.75 Å². The predicted octanol–water partition coefficient (Wildman–Crippen LogP) is 1.71. The van der Waals surface area contributed by atoms with Crippen molar-refractivity contribution in [2.45, 2.75) is 6.41 Å². The summed E-state index contributed by atoms with van der Waals surface area (Å²) in [6.45, 7) is 0. The van der Waals surface area contributed by atoms with E-state index in [0.29, 0.717) is 5.75 Å². The molecular formula is C12H13NO2. The Morgan fingerprint density at radius 3 is 2.67 bits per heavy atom. The zero-order valence-corrected chi connectivity index (χ0v) is 8.47. The third-order valence-electron chi connectivity index (χ3n) is 2.24. The number of benzene rings is 2. The van der Waals surface area contributed by atoms with Crippen LogP contribution in [0.25, 0.3) is 10.8 Å². The Labute approximate surface area is 88.3 Å². The van der Waals surface area contributed by atoms with E-state index in [1.54, 1.807) is 7.05 Å². The molecule has 2 aromatic rings.